The number of amides is 1. The summed E-state index contributed by atoms with van der Waals surface area (Å²) in [6.07, 6.45) is 2.24. The Morgan fingerprint density at radius 2 is 2.10 bits per heavy atom. The average Bonchev–Trinajstić information content (AvgIpc) is 2.52. The molecule has 0 radical (unpaired) electrons. The second kappa shape index (κ2) is 8.37. The Bertz CT molecular complexity index is 459. The first-order valence-electron chi connectivity index (χ1n) is 7.44. The van der Waals surface area contributed by atoms with Crippen LogP contribution in [0.15, 0.2) is 24.3 Å². The number of nitrogens with one attached hydrogen (secondary N) is 1. The summed E-state index contributed by atoms with van der Waals surface area (Å²) in [5, 5.41) is 3.50. The Morgan fingerprint density at radius 3 is 2.76 bits per heavy atom. The van der Waals surface area contributed by atoms with Crippen molar-refractivity contribution in [2.75, 3.05) is 39.9 Å². The van der Waals surface area contributed by atoms with Crippen molar-refractivity contribution >= 4 is 17.5 Å². The highest BCUT2D eigenvalue weighted by atomic mass is 35.5. The molecule has 0 atom stereocenters. The predicted octanol–water partition coefficient (Wildman–Crippen LogP) is 2.43. The highest BCUT2D eigenvalue weighted by Gasteiger charge is 2.20. The summed E-state index contributed by atoms with van der Waals surface area (Å²) in [7, 11) is 1.73. The zero-order valence-corrected chi connectivity index (χ0v) is 13.2. The fraction of sp³-hybridized carbons (Fsp3) is 0.562. The molecule has 1 heterocycles. The zero-order valence-electron chi connectivity index (χ0n) is 12.5. The summed E-state index contributed by atoms with van der Waals surface area (Å²) in [6.45, 7) is 4.66. The van der Waals surface area contributed by atoms with Crippen LogP contribution in [0.3, 0.4) is 0 Å². The number of hydrogen-bond donors (Lipinski definition) is 1. The Hall–Kier alpha value is -1.10. The van der Waals surface area contributed by atoms with Crippen molar-refractivity contribution in [3.05, 3.63) is 34.9 Å². The van der Waals surface area contributed by atoms with Gasteiger partial charge in [-0.15, -0.1) is 0 Å². The van der Waals surface area contributed by atoms with Crippen LogP contribution in [0.4, 0.5) is 0 Å². The molecule has 116 valence electrons. The Kier molecular flexibility index (Phi) is 6.49. The minimum absolute atomic E-state index is 0.0811. The summed E-state index contributed by atoms with van der Waals surface area (Å²) in [6, 6.07) is 7.15. The van der Waals surface area contributed by atoms with E-state index in [-0.39, 0.29) is 5.91 Å². The van der Waals surface area contributed by atoms with Gasteiger partial charge in [-0.05, 0) is 44.0 Å². The van der Waals surface area contributed by atoms with Crippen LogP contribution in [0.1, 0.15) is 23.2 Å². The van der Waals surface area contributed by atoms with Gasteiger partial charge in [0.05, 0.1) is 17.2 Å². The molecule has 0 aromatic heterocycles. The zero-order chi connectivity index (χ0) is 15.1. The van der Waals surface area contributed by atoms with Gasteiger partial charge in [0.25, 0.3) is 5.91 Å². The van der Waals surface area contributed by atoms with Gasteiger partial charge in [-0.25, -0.2) is 0 Å². The number of piperidine rings is 1. The Morgan fingerprint density at radius 1 is 1.38 bits per heavy atom. The minimum Gasteiger partial charge on any atom is -0.383 e. The molecular formula is C16H23ClN2O2. The van der Waals surface area contributed by atoms with Gasteiger partial charge < -0.3 is 15.0 Å². The predicted molar refractivity (Wildman–Crippen MR) is 84.8 cm³/mol. The van der Waals surface area contributed by atoms with Crippen LogP contribution in [0.2, 0.25) is 5.02 Å². The Labute approximate surface area is 131 Å². The number of benzene rings is 1. The van der Waals surface area contributed by atoms with Gasteiger partial charge >= 0.3 is 0 Å². The van der Waals surface area contributed by atoms with Gasteiger partial charge in [0, 0.05) is 20.2 Å². The third-order valence-electron chi connectivity index (χ3n) is 3.99. The van der Waals surface area contributed by atoms with Crippen molar-refractivity contribution in [1.29, 1.82) is 0 Å². The first kappa shape index (κ1) is 16.3. The van der Waals surface area contributed by atoms with Crippen molar-refractivity contribution in [3.8, 4) is 0 Å². The maximum atomic E-state index is 12.1. The van der Waals surface area contributed by atoms with Crippen LogP contribution in [0.5, 0.6) is 0 Å². The molecule has 5 heteroatoms. The van der Waals surface area contributed by atoms with Crippen molar-refractivity contribution in [2.45, 2.75) is 12.8 Å². The van der Waals surface area contributed by atoms with E-state index in [0.29, 0.717) is 16.5 Å². The molecule has 0 spiro atoms. The van der Waals surface area contributed by atoms with E-state index < -0.39 is 0 Å². The van der Waals surface area contributed by atoms with Crippen molar-refractivity contribution < 1.29 is 9.53 Å². The summed E-state index contributed by atoms with van der Waals surface area (Å²) in [4.78, 5) is 14.5. The molecule has 1 aliphatic rings. The van der Waals surface area contributed by atoms with Gasteiger partial charge in [0.15, 0.2) is 0 Å². The molecule has 1 aromatic carbocycles. The third-order valence-corrected chi connectivity index (χ3v) is 4.32. The van der Waals surface area contributed by atoms with E-state index in [1.807, 2.05) is 12.1 Å². The fourth-order valence-corrected chi connectivity index (χ4v) is 2.83. The number of rotatable bonds is 6. The van der Waals surface area contributed by atoms with Crippen LogP contribution >= 0.6 is 11.6 Å². The Balaban J connectivity index is 1.72. The van der Waals surface area contributed by atoms with E-state index in [0.717, 1.165) is 45.6 Å². The lowest BCUT2D eigenvalue weighted by Crippen LogP contribution is -2.39. The molecule has 1 amide bonds. The SMILES string of the molecule is COCCN1CCC(CNC(=O)c2ccccc2Cl)CC1. The molecule has 1 aliphatic heterocycles. The lowest BCUT2D eigenvalue weighted by molar-refractivity contribution is 0.0926. The van der Waals surface area contributed by atoms with Crippen LogP contribution in [-0.4, -0.2) is 50.7 Å². The van der Waals surface area contributed by atoms with Crippen molar-refractivity contribution in [2.24, 2.45) is 5.92 Å². The lowest BCUT2D eigenvalue weighted by Gasteiger charge is -2.31. The topological polar surface area (TPSA) is 41.6 Å². The second-order valence-corrected chi connectivity index (χ2v) is 5.87. The molecular weight excluding hydrogens is 288 g/mol. The van der Waals surface area contributed by atoms with Crippen LogP contribution in [0, 0.1) is 5.92 Å². The van der Waals surface area contributed by atoms with Crippen molar-refractivity contribution in [1.82, 2.24) is 10.2 Å². The van der Waals surface area contributed by atoms with Gasteiger partial charge in [0.2, 0.25) is 0 Å². The van der Waals surface area contributed by atoms with Gasteiger partial charge in [0.1, 0.15) is 0 Å². The molecule has 1 aromatic rings. The van der Waals surface area contributed by atoms with Crippen molar-refractivity contribution in [3.63, 3.8) is 0 Å². The smallest absolute Gasteiger partial charge is 0.252 e. The van der Waals surface area contributed by atoms with Gasteiger partial charge in [-0.3, -0.25) is 4.79 Å². The number of nitrogens with zero attached hydrogens (tertiary/aromatic N) is 1. The van der Waals surface area contributed by atoms with Gasteiger partial charge in [-0.1, -0.05) is 23.7 Å². The molecule has 0 bridgehead atoms. The molecule has 1 saturated heterocycles. The average molecular weight is 311 g/mol. The normalized spacial score (nSPS) is 16.9. The number of hydrogen-bond acceptors (Lipinski definition) is 3. The van der Waals surface area contributed by atoms with Crippen LogP contribution in [0.25, 0.3) is 0 Å². The molecule has 0 aliphatic carbocycles. The molecule has 1 N–H and O–H groups in total. The van der Waals surface area contributed by atoms with Gasteiger partial charge in [-0.2, -0.15) is 0 Å². The lowest BCUT2D eigenvalue weighted by atomic mass is 9.96. The third kappa shape index (κ3) is 4.99. The van der Waals surface area contributed by atoms with E-state index >= 15 is 0 Å². The fourth-order valence-electron chi connectivity index (χ4n) is 2.61. The van der Waals surface area contributed by atoms with Crippen LogP contribution in [-0.2, 0) is 4.74 Å². The highest BCUT2D eigenvalue weighted by Crippen LogP contribution is 2.17. The second-order valence-electron chi connectivity index (χ2n) is 5.47. The quantitative estimate of drug-likeness (QED) is 0.877. The summed E-state index contributed by atoms with van der Waals surface area (Å²) >= 11 is 6.03. The van der Waals surface area contributed by atoms with Crippen LogP contribution < -0.4 is 5.32 Å². The number of carbonyl (C=O) groups excluding carboxylic acids is 1. The van der Waals surface area contributed by atoms with E-state index in [1.165, 1.54) is 0 Å². The minimum atomic E-state index is -0.0811. The molecule has 21 heavy (non-hydrogen) atoms. The largest absolute Gasteiger partial charge is 0.383 e. The van der Waals surface area contributed by atoms with E-state index in [9.17, 15) is 4.79 Å². The standard InChI is InChI=1S/C16H23ClN2O2/c1-21-11-10-19-8-6-13(7-9-19)12-18-16(20)14-4-2-3-5-15(14)17/h2-5,13H,6-12H2,1H3,(H,18,20). The maximum Gasteiger partial charge on any atom is 0.252 e. The number of methoxy groups -OCH3 is 1. The number of halogens is 1. The molecule has 4 nitrogen and oxygen atoms in total. The first-order valence-corrected chi connectivity index (χ1v) is 7.82. The summed E-state index contributed by atoms with van der Waals surface area (Å²) < 4.78 is 5.10. The molecule has 0 saturated carbocycles. The molecule has 1 fully saturated rings. The first-order chi connectivity index (χ1) is 10.2. The van der Waals surface area contributed by atoms with E-state index in [2.05, 4.69) is 10.2 Å². The number of carbonyl (C=O) groups is 1. The molecule has 0 unspecified atom stereocenters. The molecule has 2 rings (SSSR count). The summed E-state index contributed by atoms with van der Waals surface area (Å²) in [5.41, 5.74) is 0.552. The maximum absolute atomic E-state index is 12.1. The van der Waals surface area contributed by atoms with E-state index in [1.54, 1.807) is 19.2 Å². The number of likely N-dealkylation sites (tertiary alicyclic amines) is 1. The highest BCUT2D eigenvalue weighted by molar-refractivity contribution is 6.33. The number of ether oxygens (including phenoxy) is 1. The van der Waals surface area contributed by atoms with E-state index in [4.69, 9.17) is 16.3 Å². The monoisotopic (exact) mass is 310 g/mol. The summed E-state index contributed by atoms with van der Waals surface area (Å²) in [5.74, 6) is 0.470.